The topological polar surface area (TPSA) is 84.9 Å². The van der Waals surface area contributed by atoms with E-state index in [0.717, 1.165) is 22.6 Å². The number of carbonyl (C=O) groups excluding carboxylic acids is 1. The van der Waals surface area contributed by atoms with Crippen LogP contribution in [0.15, 0.2) is 48.5 Å². The maximum atomic E-state index is 12.8. The molecule has 31 heavy (non-hydrogen) atoms. The number of carboxylic acids is 1. The second-order valence-corrected chi connectivity index (χ2v) is 10.0. The van der Waals surface area contributed by atoms with Gasteiger partial charge in [-0.2, -0.15) is 11.8 Å². The lowest BCUT2D eigenvalue weighted by Gasteiger charge is -2.25. The van der Waals surface area contributed by atoms with Crippen LogP contribution in [0, 0.1) is 0 Å². The van der Waals surface area contributed by atoms with E-state index in [1.807, 2.05) is 48.5 Å². The molecule has 0 saturated carbocycles. The zero-order chi connectivity index (χ0) is 22.9. The first-order chi connectivity index (χ1) is 14.7. The molecule has 8 heteroatoms. The normalized spacial score (nSPS) is 12.1. The lowest BCUT2D eigenvalue weighted by Crippen LogP contribution is -2.49. The molecule has 0 aliphatic heterocycles. The molecule has 2 aromatic rings. The van der Waals surface area contributed by atoms with Gasteiger partial charge in [-0.05, 0) is 49.2 Å². The molecule has 2 rings (SSSR count). The summed E-state index contributed by atoms with van der Waals surface area (Å²) in [6.07, 6.45) is 0. The highest BCUT2D eigenvalue weighted by atomic mass is 32.2. The van der Waals surface area contributed by atoms with Crippen molar-refractivity contribution in [3.05, 3.63) is 59.7 Å². The van der Waals surface area contributed by atoms with Crippen LogP contribution < -0.4 is 14.8 Å². The van der Waals surface area contributed by atoms with Crippen LogP contribution in [0.5, 0.6) is 11.5 Å². The Kier molecular flexibility index (Phi) is 9.58. The highest BCUT2D eigenvalue weighted by molar-refractivity contribution is 8.00. The van der Waals surface area contributed by atoms with Crippen LogP contribution in [0.1, 0.15) is 25.0 Å². The van der Waals surface area contributed by atoms with E-state index in [9.17, 15) is 14.7 Å². The third-order valence-electron chi connectivity index (χ3n) is 4.62. The molecular weight excluding hydrogens is 434 g/mol. The van der Waals surface area contributed by atoms with Crippen LogP contribution in [-0.2, 0) is 21.1 Å². The predicted octanol–water partition coefficient (Wildman–Crippen LogP) is 4.22. The predicted molar refractivity (Wildman–Crippen MR) is 127 cm³/mol. The fraction of sp³-hybridized carbons (Fsp3) is 0.391. The Bertz CT molecular complexity index is 853. The van der Waals surface area contributed by atoms with Gasteiger partial charge in [-0.25, -0.2) is 4.79 Å². The summed E-state index contributed by atoms with van der Waals surface area (Å²) in [5.74, 6) is 1.80. The number of methoxy groups -OCH3 is 2. The van der Waals surface area contributed by atoms with Crippen molar-refractivity contribution >= 4 is 35.4 Å². The largest absolute Gasteiger partial charge is 0.497 e. The number of ether oxygens (including phenoxy) is 2. The molecule has 168 valence electrons. The van der Waals surface area contributed by atoms with Gasteiger partial charge in [-0.1, -0.05) is 24.3 Å². The van der Waals surface area contributed by atoms with Gasteiger partial charge in [0.15, 0.2) is 0 Å². The van der Waals surface area contributed by atoms with Crippen molar-refractivity contribution in [2.24, 2.45) is 0 Å². The lowest BCUT2D eigenvalue weighted by atomic mass is 10.2. The monoisotopic (exact) mass is 463 g/mol. The van der Waals surface area contributed by atoms with Gasteiger partial charge in [0, 0.05) is 17.3 Å². The number of hydrogen-bond acceptors (Lipinski definition) is 6. The van der Waals surface area contributed by atoms with Crippen molar-refractivity contribution in [2.75, 3.05) is 20.0 Å². The summed E-state index contributed by atoms with van der Waals surface area (Å²) in [4.78, 5) is 24.4. The van der Waals surface area contributed by atoms with Crippen molar-refractivity contribution in [2.45, 2.75) is 36.1 Å². The van der Waals surface area contributed by atoms with Crippen LogP contribution in [0.2, 0.25) is 0 Å². The van der Waals surface area contributed by atoms with E-state index in [0.29, 0.717) is 11.5 Å². The maximum absolute atomic E-state index is 12.8. The summed E-state index contributed by atoms with van der Waals surface area (Å²) in [6.45, 7) is 3.61. The average molecular weight is 464 g/mol. The average Bonchev–Trinajstić information content (AvgIpc) is 2.77. The minimum atomic E-state index is -1.04. The molecule has 0 spiro atoms. The molecule has 1 atom stereocenters. The van der Waals surface area contributed by atoms with Crippen molar-refractivity contribution < 1.29 is 24.2 Å². The number of nitrogens with one attached hydrogen (secondary N) is 1. The molecule has 0 fully saturated rings. The SMILES string of the molecule is COc1ccc(CSC[C@H](NC(=O)C(C)(C)SCc2ccc(OC)cc2)C(=O)O)cc1. The zero-order valence-corrected chi connectivity index (χ0v) is 19.8. The van der Waals surface area contributed by atoms with Crippen LogP contribution in [0.3, 0.4) is 0 Å². The third kappa shape index (κ3) is 8.03. The molecule has 2 aromatic carbocycles. The van der Waals surface area contributed by atoms with Gasteiger partial charge in [0.1, 0.15) is 17.5 Å². The van der Waals surface area contributed by atoms with Crippen molar-refractivity contribution in [3.63, 3.8) is 0 Å². The molecule has 1 amide bonds. The number of rotatable bonds is 12. The summed E-state index contributed by atoms with van der Waals surface area (Å²) in [7, 11) is 3.23. The Labute approximate surface area is 192 Å². The maximum Gasteiger partial charge on any atom is 0.327 e. The first-order valence-corrected chi connectivity index (χ1v) is 11.9. The molecule has 2 N–H and O–H groups in total. The number of hydrogen-bond donors (Lipinski definition) is 2. The number of benzene rings is 2. The smallest absolute Gasteiger partial charge is 0.327 e. The molecule has 6 nitrogen and oxygen atoms in total. The zero-order valence-electron chi connectivity index (χ0n) is 18.2. The Balaban J connectivity index is 1.86. The Morgan fingerprint density at radius 2 is 1.42 bits per heavy atom. The van der Waals surface area contributed by atoms with E-state index in [1.54, 1.807) is 28.1 Å². The molecule has 0 bridgehead atoms. The molecule has 0 aliphatic carbocycles. The van der Waals surface area contributed by atoms with Crippen LogP contribution in [-0.4, -0.2) is 47.7 Å². The number of thioether (sulfide) groups is 2. The third-order valence-corrected chi connectivity index (χ3v) is 7.11. The van der Waals surface area contributed by atoms with Crippen LogP contribution in [0.25, 0.3) is 0 Å². The highest BCUT2D eigenvalue weighted by Gasteiger charge is 2.31. The standard InChI is InChI=1S/C23H29NO5S2/c1-23(2,31-14-17-7-11-19(29-4)12-8-17)22(27)24-20(21(25)26)15-30-13-16-5-9-18(28-3)10-6-16/h5-12,20H,13-15H2,1-4H3,(H,24,27)(H,25,26)/t20-/m0/s1. The minimum Gasteiger partial charge on any atom is -0.497 e. The second kappa shape index (κ2) is 11.9. The van der Waals surface area contributed by atoms with Crippen LogP contribution in [0.4, 0.5) is 0 Å². The summed E-state index contributed by atoms with van der Waals surface area (Å²) in [5, 5.41) is 12.2. The van der Waals surface area contributed by atoms with Crippen molar-refractivity contribution in [3.8, 4) is 11.5 Å². The summed E-state index contributed by atoms with van der Waals surface area (Å²) in [5.41, 5.74) is 2.13. The minimum absolute atomic E-state index is 0.284. The van der Waals surface area contributed by atoms with E-state index in [-0.39, 0.29) is 11.7 Å². The molecule has 0 unspecified atom stereocenters. The number of carbonyl (C=O) groups is 2. The highest BCUT2D eigenvalue weighted by Crippen LogP contribution is 2.29. The van der Waals surface area contributed by atoms with E-state index >= 15 is 0 Å². The number of carboxylic acid groups (broad SMARTS) is 1. The van der Waals surface area contributed by atoms with Gasteiger partial charge >= 0.3 is 5.97 Å². The van der Waals surface area contributed by atoms with Crippen LogP contribution >= 0.6 is 23.5 Å². The molecule has 0 heterocycles. The summed E-state index contributed by atoms with van der Waals surface area (Å²) < 4.78 is 9.52. The Morgan fingerprint density at radius 1 is 0.935 bits per heavy atom. The molecule has 0 aliphatic rings. The summed E-state index contributed by atoms with van der Waals surface area (Å²) in [6, 6.07) is 14.3. The molecule has 0 radical (unpaired) electrons. The molecule has 0 saturated heterocycles. The number of aliphatic carboxylic acids is 1. The van der Waals surface area contributed by atoms with E-state index in [1.165, 1.54) is 23.5 Å². The van der Waals surface area contributed by atoms with Gasteiger partial charge in [-0.3, -0.25) is 4.79 Å². The fourth-order valence-electron chi connectivity index (χ4n) is 2.57. The van der Waals surface area contributed by atoms with E-state index in [4.69, 9.17) is 9.47 Å². The first-order valence-electron chi connectivity index (χ1n) is 9.76. The van der Waals surface area contributed by atoms with Gasteiger partial charge in [0.2, 0.25) is 5.91 Å². The Hall–Kier alpha value is -2.32. The second-order valence-electron chi connectivity index (χ2n) is 7.37. The quantitative estimate of drug-likeness (QED) is 0.487. The fourth-order valence-corrected chi connectivity index (χ4v) is 4.49. The van der Waals surface area contributed by atoms with Crippen molar-refractivity contribution in [1.82, 2.24) is 5.32 Å². The van der Waals surface area contributed by atoms with Crippen molar-refractivity contribution in [1.29, 1.82) is 0 Å². The Morgan fingerprint density at radius 3 is 1.87 bits per heavy atom. The number of amides is 1. The van der Waals surface area contributed by atoms with E-state index in [2.05, 4.69) is 5.32 Å². The lowest BCUT2D eigenvalue weighted by molar-refractivity contribution is -0.141. The molecule has 0 aromatic heterocycles. The van der Waals surface area contributed by atoms with Gasteiger partial charge in [-0.15, -0.1) is 11.8 Å². The summed E-state index contributed by atoms with van der Waals surface area (Å²) >= 11 is 2.93. The molecular formula is C23H29NO5S2. The van der Waals surface area contributed by atoms with Gasteiger partial charge in [0.25, 0.3) is 0 Å². The first kappa shape index (κ1) is 24.9. The van der Waals surface area contributed by atoms with Gasteiger partial charge in [0.05, 0.1) is 19.0 Å². The van der Waals surface area contributed by atoms with E-state index < -0.39 is 16.8 Å². The van der Waals surface area contributed by atoms with Gasteiger partial charge < -0.3 is 19.9 Å².